The summed E-state index contributed by atoms with van der Waals surface area (Å²) in [6.45, 7) is -0.962. The fourth-order valence-corrected chi connectivity index (χ4v) is 2.38. The second kappa shape index (κ2) is 4.81. The molecule has 1 saturated carbocycles. The lowest BCUT2D eigenvalue weighted by molar-refractivity contribution is -0.147. The van der Waals surface area contributed by atoms with E-state index in [1.165, 1.54) is 11.9 Å². The number of halogens is 3. The van der Waals surface area contributed by atoms with E-state index in [-0.39, 0.29) is 6.04 Å². The predicted molar refractivity (Wildman–Crippen MR) is 57.3 cm³/mol. The van der Waals surface area contributed by atoms with E-state index in [1.807, 2.05) is 0 Å². The summed E-state index contributed by atoms with van der Waals surface area (Å²) in [4.78, 5) is 12.6. The van der Waals surface area contributed by atoms with Crippen LogP contribution in [0.5, 0.6) is 0 Å². The highest BCUT2D eigenvalue weighted by Gasteiger charge is 2.45. The third kappa shape index (κ3) is 3.32. The molecule has 0 aromatic carbocycles. The van der Waals surface area contributed by atoms with Gasteiger partial charge in [-0.05, 0) is 33.4 Å². The standard InChI is InChI=1S/C10H18F3N3O/c1-15-9(8(14)17)4-3-7(5-9)16(2)6-10(11,12)13/h7,15H,3-6H2,1-2H3,(H2,14,17). The average molecular weight is 253 g/mol. The van der Waals surface area contributed by atoms with Gasteiger partial charge in [-0.1, -0.05) is 0 Å². The zero-order chi connectivity index (χ0) is 13.3. The van der Waals surface area contributed by atoms with Crippen LogP contribution in [0.1, 0.15) is 19.3 Å². The fourth-order valence-electron chi connectivity index (χ4n) is 2.38. The van der Waals surface area contributed by atoms with Gasteiger partial charge in [0, 0.05) is 6.04 Å². The first-order valence-corrected chi connectivity index (χ1v) is 5.46. The van der Waals surface area contributed by atoms with Gasteiger partial charge in [0.2, 0.25) is 5.91 Å². The number of rotatable bonds is 4. The molecule has 4 nitrogen and oxygen atoms in total. The Hall–Kier alpha value is -0.820. The van der Waals surface area contributed by atoms with Crippen molar-refractivity contribution in [2.24, 2.45) is 5.73 Å². The maximum absolute atomic E-state index is 12.2. The molecule has 0 aromatic rings. The second-order valence-corrected chi connectivity index (χ2v) is 4.62. The fraction of sp³-hybridized carbons (Fsp3) is 0.900. The average Bonchev–Trinajstić information content (AvgIpc) is 2.60. The number of likely N-dealkylation sites (N-methyl/N-ethyl adjacent to an activating group) is 1. The molecule has 2 unspecified atom stereocenters. The summed E-state index contributed by atoms with van der Waals surface area (Å²) < 4.78 is 36.7. The molecule has 1 amide bonds. The van der Waals surface area contributed by atoms with Crippen LogP contribution < -0.4 is 11.1 Å². The summed E-state index contributed by atoms with van der Waals surface area (Å²) in [7, 11) is 3.03. The van der Waals surface area contributed by atoms with Gasteiger partial charge in [0.25, 0.3) is 0 Å². The molecule has 7 heteroatoms. The Morgan fingerprint density at radius 3 is 2.53 bits per heavy atom. The van der Waals surface area contributed by atoms with Crippen LogP contribution in [0, 0.1) is 0 Å². The first kappa shape index (κ1) is 14.2. The van der Waals surface area contributed by atoms with Gasteiger partial charge in [-0.3, -0.25) is 9.69 Å². The lowest BCUT2D eigenvalue weighted by Gasteiger charge is -2.28. The van der Waals surface area contributed by atoms with Crippen LogP contribution in [0.2, 0.25) is 0 Å². The molecule has 0 radical (unpaired) electrons. The van der Waals surface area contributed by atoms with Gasteiger partial charge >= 0.3 is 6.18 Å². The van der Waals surface area contributed by atoms with Crippen molar-refractivity contribution in [1.29, 1.82) is 0 Å². The zero-order valence-corrected chi connectivity index (χ0v) is 9.97. The Balaban J connectivity index is 2.63. The Labute approximate surface area is 98.3 Å². The van der Waals surface area contributed by atoms with Crippen LogP contribution in [-0.4, -0.2) is 49.2 Å². The lowest BCUT2D eigenvalue weighted by Crippen LogP contribution is -2.53. The molecule has 0 aliphatic heterocycles. The van der Waals surface area contributed by atoms with Crippen LogP contribution in [0.25, 0.3) is 0 Å². The van der Waals surface area contributed by atoms with Gasteiger partial charge in [-0.15, -0.1) is 0 Å². The molecule has 0 bridgehead atoms. The molecule has 0 spiro atoms. The maximum atomic E-state index is 12.2. The number of primary amides is 1. The van der Waals surface area contributed by atoms with Gasteiger partial charge < -0.3 is 11.1 Å². The first-order valence-electron chi connectivity index (χ1n) is 5.46. The van der Waals surface area contributed by atoms with Crippen LogP contribution in [0.15, 0.2) is 0 Å². The quantitative estimate of drug-likeness (QED) is 0.766. The third-order valence-electron chi connectivity index (χ3n) is 3.49. The number of nitrogens with two attached hydrogens (primary N) is 1. The number of nitrogens with zero attached hydrogens (tertiary/aromatic N) is 1. The van der Waals surface area contributed by atoms with Crippen molar-refractivity contribution in [2.45, 2.75) is 37.0 Å². The third-order valence-corrected chi connectivity index (χ3v) is 3.49. The van der Waals surface area contributed by atoms with Crippen molar-refractivity contribution in [1.82, 2.24) is 10.2 Å². The monoisotopic (exact) mass is 253 g/mol. The molecule has 1 fully saturated rings. The molecule has 100 valence electrons. The van der Waals surface area contributed by atoms with Crippen molar-refractivity contribution in [3.8, 4) is 0 Å². The summed E-state index contributed by atoms with van der Waals surface area (Å²) in [6.07, 6.45) is -2.88. The lowest BCUT2D eigenvalue weighted by atomic mass is 9.96. The number of hydrogen-bond donors (Lipinski definition) is 2. The number of alkyl halides is 3. The number of carbonyl (C=O) groups is 1. The van der Waals surface area contributed by atoms with E-state index in [9.17, 15) is 18.0 Å². The molecular weight excluding hydrogens is 235 g/mol. The summed E-state index contributed by atoms with van der Waals surface area (Å²) >= 11 is 0. The van der Waals surface area contributed by atoms with E-state index in [2.05, 4.69) is 5.32 Å². The maximum Gasteiger partial charge on any atom is 0.401 e. The van der Waals surface area contributed by atoms with Crippen molar-refractivity contribution in [3.05, 3.63) is 0 Å². The van der Waals surface area contributed by atoms with Gasteiger partial charge in [0.05, 0.1) is 12.1 Å². The summed E-state index contributed by atoms with van der Waals surface area (Å²) in [6, 6.07) is -0.267. The SMILES string of the molecule is CNC1(C(N)=O)CCC(N(C)CC(F)(F)F)C1. The van der Waals surface area contributed by atoms with Gasteiger partial charge in [-0.2, -0.15) is 13.2 Å². The minimum Gasteiger partial charge on any atom is -0.368 e. The van der Waals surface area contributed by atoms with E-state index in [1.54, 1.807) is 7.05 Å². The van der Waals surface area contributed by atoms with Crippen LogP contribution in [0.3, 0.4) is 0 Å². The van der Waals surface area contributed by atoms with E-state index in [4.69, 9.17) is 5.73 Å². The molecule has 2 atom stereocenters. The topological polar surface area (TPSA) is 58.4 Å². The predicted octanol–water partition coefficient (Wildman–Crippen LogP) is 0.476. The Morgan fingerprint density at radius 1 is 1.59 bits per heavy atom. The smallest absolute Gasteiger partial charge is 0.368 e. The van der Waals surface area contributed by atoms with E-state index in [0.717, 1.165) is 0 Å². The van der Waals surface area contributed by atoms with Crippen LogP contribution >= 0.6 is 0 Å². The van der Waals surface area contributed by atoms with Crippen molar-refractivity contribution < 1.29 is 18.0 Å². The first-order chi connectivity index (χ1) is 7.70. The highest BCUT2D eigenvalue weighted by molar-refractivity contribution is 5.85. The number of hydrogen-bond acceptors (Lipinski definition) is 3. The Morgan fingerprint density at radius 2 is 2.18 bits per heavy atom. The zero-order valence-electron chi connectivity index (χ0n) is 9.97. The molecule has 3 N–H and O–H groups in total. The highest BCUT2D eigenvalue weighted by Crippen LogP contribution is 2.33. The normalized spacial score (nSPS) is 29.9. The summed E-state index contributed by atoms with van der Waals surface area (Å²) in [5.41, 5.74) is 4.43. The summed E-state index contributed by atoms with van der Waals surface area (Å²) in [5, 5.41) is 2.84. The molecule has 1 rings (SSSR count). The van der Waals surface area contributed by atoms with Crippen molar-refractivity contribution in [2.75, 3.05) is 20.6 Å². The minimum atomic E-state index is -4.22. The summed E-state index contributed by atoms with van der Waals surface area (Å²) in [5.74, 6) is -0.497. The van der Waals surface area contributed by atoms with Gasteiger partial charge in [0.15, 0.2) is 0 Å². The minimum absolute atomic E-state index is 0.267. The van der Waals surface area contributed by atoms with Gasteiger partial charge in [0.1, 0.15) is 0 Å². The molecule has 1 aliphatic carbocycles. The second-order valence-electron chi connectivity index (χ2n) is 4.62. The molecule has 17 heavy (non-hydrogen) atoms. The molecule has 1 aliphatic rings. The molecule has 0 heterocycles. The molecule has 0 saturated heterocycles. The van der Waals surface area contributed by atoms with Crippen LogP contribution in [0.4, 0.5) is 13.2 Å². The van der Waals surface area contributed by atoms with Crippen molar-refractivity contribution >= 4 is 5.91 Å². The number of nitrogens with one attached hydrogen (secondary N) is 1. The van der Waals surface area contributed by atoms with Crippen molar-refractivity contribution in [3.63, 3.8) is 0 Å². The van der Waals surface area contributed by atoms with Crippen LogP contribution in [-0.2, 0) is 4.79 Å². The van der Waals surface area contributed by atoms with E-state index in [0.29, 0.717) is 19.3 Å². The Kier molecular flexibility index (Phi) is 4.03. The molecule has 0 aromatic heterocycles. The van der Waals surface area contributed by atoms with Gasteiger partial charge in [-0.25, -0.2) is 0 Å². The Bertz CT molecular complexity index is 295. The molecular formula is C10H18F3N3O. The highest BCUT2D eigenvalue weighted by atomic mass is 19.4. The number of carbonyl (C=O) groups excluding carboxylic acids is 1. The number of amides is 1. The van der Waals surface area contributed by atoms with E-state index >= 15 is 0 Å². The largest absolute Gasteiger partial charge is 0.401 e. The van der Waals surface area contributed by atoms with E-state index < -0.39 is 24.2 Å².